The molecule has 164 valence electrons. The summed E-state index contributed by atoms with van der Waals surface area (Å²) in [5.41, 5.74) is 12.6. The number of rotatable bonds is 6. The lowest BCUT2D eigenvalue weighted by molar-refractivity contribution is 0.0968. The normalized spacial score (nSPS) is 13.2. The lowest BCUT2D eigenvalue weighted by Gasteiger charge is -2.16. The number of hydrogen-bond donors (Lipinski definition) is 2. The van der Waals surface area contributed by atoms with Crippen LogP contribution in [0.25, 0.3) is 22.0 Å². The van der Waals surface area contributed by atoms with E-state index < -0.39 is 0 Å². The molecule has 0 bridgehead atoms. The third-order valence-electron chi connectivity index (χ3n) is 6.05. The maximum atomic E-state index is 13.1. The number of hydrogen-bond acceptors (Lipinski definition) is 5. The Hall–Kier alpha value is -3.70. The summed E-state index contributed by atoms with van der Waals surface area (Å²) >= 11 is 6.35. The maximum absolute atomic E-state index is 13.1. The molecule has 1 aliphatic carbocycles. The molecule has 0 aliphatic heterocycles. The fourth-order valence-corrected chi connectivity index (χ4v) is 4.35. The number of aromatic nitrogens is 1. The Morgan fingerprint density at radius 1 is 1.09 bits per heavy atom. The van der Waals surface area contributed by atoms with Crippen molar-refractivity contribution in [2.24, 2.45) is 5.92 Å². The van der Waals surface area contributed by atoms with Gasteiger partial charge in [-0.25, -0.2) is 0 Å². The summed E-state index contributed by atoms with van der Waals surface area (Å²) < 4.78 is 0. The molecule has 1 aromatic heterocycles. The number of carbonyl (C=O) groups is 2. The van der Waals surface area contributed by atoms with E-state index in [9.17, 15) is 9.59 Å². The summed E-state index contributed by atoms with van der Waals surface area (Å²) in [6.07, 6.45) is 4.27. The molecule has 0 amide bonds. The van der Waals surface area contributed by atoms with Crippen LogP contribution in [0, 0.1) is 12.8 Å². The zero-order valence-corrected chi connectivity index (χ0v) is 18.8. The van der Waals surface area contributed by atoms with Gasteiger partial charge in [0.2, 0.25) is 0 Å². The molecule has 0 saturated heterocycles. The number of benzene rings is 3. The molecule has 1 fully saturated rings. The van der Waals surface area contributed by atoms with Gasteiger partial charge >= 0.3 is 0 Å². The Bertz CT molecular complexity index is 1390. The van der Waals surface area contributed by atoms with E-state index in [1.54, 1.807) is 12.3 Å². The van der Waals surface area contributed by atoms with Crippen LogP contribution in [0.5, 0.6) is 0 Å². The molecule has 3 aromatic carbocycles. The third-order valence-corrected chi connectivity index (χ3v) is 6.36. The van der Waals surface area contributed by atoms with Crippen molar-refractivity contribution in [3.8, 4) is 11.1 Å². The lowest BCUT2D eigenvalue weighted by atomic mass is 9.97. The minimum Gasteiger partial charge on any atom is -0.399 e. The van der Waals surface area contributed by atoms with Crippen LogP contribution in [0.2, 0.25) is 5.02 Å². The van der Waals surface area contributed by atoms with Crippen molar-refractivity contribution in [2.75, 3.05) is 11.1 Å². The van der Waals surface area contributed by atoms with E-state index in [0.717, 1.165) is 58.1 Å². The van der Waals surface area contributed by atoms with Crippen LogP contribution in [0.3, 0.4) is 0 Å². The van der Waals surface area contributed by atoms with Crippen LogP contribution in [0.4, 0.5) is 17.1 Å². The highest BCUT2D eigenvalue weighted by Crippen LogP contribution is 2.39. The zero-order chi connectivity index (χ0) is 23.1. The number of nitrogens with one attached hydrogen (secondary N) is 1. The second-order valence-electron chi connectivity index (χ2n) is 8.47. The number of nitrogens with zero attached hydrogens (tertiary/aromatic N) is 1. The summed E-state index contributed by atoms with van der Waals surface area (Å²) in [7, 11) is 0. The van der Waals surface area contributed by atoms with Gasteiger partial charge in [0.1, 0.15) is 0 Å². The summed E-state index contributed by atoms with van der Waals surface area (Å²) in [6.45, 7) is 1.86. The second-order valence-corrected chi connectivity index (χ2v) is 8.88. The van der Waals surface area contributed by atoms with E-state index in [0.29, 0.717) is 21.8 Å². The molecule has 5 rings (SSSR count). The second kappa shape index (κ2) is 8.34. The molecular formula is C27H22ClN3O2. The standard InChI is InChI=1S/C27H22ClN3O2/c1-15-10-18(12-24(28)23(15)14-32)17-4-9-25-21(11-17)26(31-20-7-5-19(29)6-8-20)22(13-30-25)27(33)16-2-3-16/h4-14,16H,2-3,29H2,1H3,(H,30,31). The van der Waals surface area contributed by atoms with Gasteiger partial charge in [-0.3, -0.25) is 14.6 Å². The molecule has 3 N–H and O–H groups in total. The Labute approximate surface area is 196 Å². The minimum absolute atomic E-state index is 0.0664. The Morgan fingerprint density at radius 2 is 1.85 bits per heavy atom. The van der Waals surface area contributed by atoms with Crippen LogP contribution in [-0.4, -0.2) is 17.1 Å². The quantitative estimate of drug-likeness (QED) is 0.194. The number of halogens is 1. The number of nitrogen functional groups attached to an aromatic ring is 1. The van der Waals surface area contributed by atoms with Gasteiger partial charge in [-0.1, -0.05) is 23.7 Å². The number of aldehydes is 1. The molecule has 0 spiro atoms. The molecule has 1 aliphatic rings. The summed E-state index contributed by atoms with van der Waals surface area (Å²) in [6, 6.07) is 17.1. The average molecular weight is 456 g/mol. The fraction of sp³-hybridized carbons (Fsp3) is 0.148. The van der Waals surface area contributed by atoms with Crippen LogP contribution in [0.15, 0.2) is 60.8 Å². The maximum Gasteiger partial charge on any atom is 0.169 e. The van der Waals surface area contributed by atoms with Gasteiger partial charge < -0.3 is 11.1 Å². The van der Waals surface area contributed by atoms with Crippen molar-refractivity contribution < 1.29 is 9.59 Å². The topological polar surface area (TPSA) is 85.1 Å². The molecule has 0 atom stereocenters. The average Bonchev–Trinajstić information content (AvgIpc) is 3.65. The van der Waals surface area contributed by atoms with Gasteiger partial charge in [-0.05, 0) is 78.9 Å². The highest BCUT2D eigenvalue weighted by atomic mass is 35.5. The minimum atomic E-state index is 0.0664. The number of pyridine rings is 1. The van der Waals surface area contributed by atoms with Crippen molar-refractivity contribution in [3.05, 3.63) is 82.5 Å². The summed E-state index contributed by atoms with van der Waals surface area (Å²) in [5, 5.41) is 4.69. The van der Waals surface area contributed by atoms with E-state index in [-0.39, 0.29) is 11.7 Å². The van der Waals surface area contributed by atoms with Gasteiger partial charge in [0, 0.05) is 34.4 Å². The first-order valence-corrected chi connectivity index (χ1v) is 11.2. The Morgan fingerprint density at radius 3 is 2.52 bits per heavy atom. The largest absolute Gasteiger partial charge is 0.399 e. The molecule has 5 nitrogen and oxygen atoms in total. The SMILES string of the molecule is Cc1cc(-c2ccc3ncc(C(=O)C4CC4)c(Nc4ccc(N)cc4)c3c2)cc(Cl)c1C=O. The molecule has 0 radical (unpaired) electrons. The molecule has 33 heavy (non-hydrogen) atoms. The van der Waals surface area contributed by atoms with Crippen molar-refractivity contribution >= 4 is 51.6 Å². The molecule has 1 saturated carbocycles. The lowest BCUT2D eigenvalue weighted by Crippen LogP contribution is -2.07. The van der Waals surface area contributed by atoms with Gasteiger partial charge in [-0.15, -0.1) is 0 Å². The molecule has 0 unspecified atom stereocenters. The van der Waals surface area contributed by atoms with Gasteiger partial charge in [-0.2, -0.15) is 0 Å². The zero-order valence-electron chi connectivity index (χ0n) is 18.1. The number of ketones is 1. The molecule has 1 heterocycles. The van der Waals surface area contributed by atoms with E-state index in [1.807, 2.05) is 55.5 Å². The van der Waals surface area contributed by atoms with E-state index in [2.05, 4.69) is 10.3 Å². The van der Waals surface area contributed by atoms with Crippen molar-refractivity contribution in [1.82, 2.24) is 4.98 Å². The van der Waals surface area contributed by atoms with Crippen LogP contribution in [0.1, 0.15) is 39.1 Å². The van der Waals surface area contributed by atoms with Gasteiger partial charge in [0.25, 0.3) is 0 Å². The van der Waals surface area contributed by atoms with Gasteiger partial charge in [0.05, 0.1) is 21.8 Å². The molecule has 4 aromatic rings. The number of fused-ring (bicyclic) bond motifs is 1. The first kappa shape index (κ1) is 21.2. The van der Waals surface area contributed by atoms with E-state index in [4.69, 9.17) is 17.3 Å². The van der Waals surface area contributed by atoms with Gasteiger partial charge in [0.15, 0.2) is 12.1 Å². The number of anilines is 3. The summed E-state index contributed by atoms with van der Waals surface area (Å²) in [4.78, 5) is 29.0. The monoisotopic (exact) mass is 455 g/mol. The highest BCUT2D eigenvalue weighted by molar-refractivity contribution is 6.33. The van der Waals surface area contributed by atoms with Crippen LogP contribution >= 0.6 is 11.6 Å². The van der Waals surface area contributed by atoms with E-state index >= 15 is 0 Å². The van der Waals surface area contributed by atoms with Crippen LogP contribution < -0.4 is 11.1 Å². The Kier molecular flexibility index (Phi) is 5.35. The summed E-state index contributed by atoms with van der Waals surface area (Å²) in [5.74, 6) is 0.179. The smallest absolute Gasteiger partial charge is 0.169 e. The molecule has 6 heteroatoms. The number of nitrogens with two attached hydrogens (primary N) is 1. The van der Waals surface area contributed by atoms with Crippen molar-refractivity contribution in [1.29, 1.82) is 0 Å². The predicted molar refractivity (Wildman–Crippen MR) is 134 cm³/mol. The Balaban J connectivity index is 1.68. The number of Topliss-reactive ketones (excluding diaryl/α,β-unsaturated/α-hetero) is 1. The first-order chi connectivity index (χ1) is 15.9. The van der Waals surface area contributed by atoms with Crippen molar-refractivity contribution in [2.45, 2.75) is 19.8 Å². The van der Waals surface area contributed by atoms with Crippen LogP contribution in [-0.2, 0) is 0 Å². The van der Waals surface area contributed by atoms with E-state index in [1.165, 1.54) is 0 Å². The number of aryl methyl sites for hydroxylation is 1. The predicted octanol–water partition coefficient (Wildman–Crippen LogP) is 6.59. The molecular weight excluding hydrogens is 434 g/mol. The van der Waals surface area contributed by atoms with Crippen molar-refractivity contribution in [3.63, 3.8) is 0 Å². The third kappa shape index (κ3) is 4.08. The fourth-order valence-electron chi connectivity index (χ4n) is 4.04. The highest BCUT2D eigenvalue weighted by Gasteiger charge is 2.32. The number of carbonyl (C=O) groups excluding carboxylic acids is 2. The first-order valence-electron chi connectivity index (χ1n) is 10.8.